The highest BCUT2D eigenvalue weighted by Crippen LogP contribution is 2.28. The molecule has 1 atom stereocenters. The molecule has 0 aliphatic heterocycles. The summed E-state index contributed by atoms with van der Waals surface area (Å²) in [5.74, 6) is 0.269. The van der Waals surface area contributed by atoms with E-state index in [1.54, 1.807) is 6.07 Å². The van der Waals surface area contributed by atoms with Gasteiger partial charge >= 0.3 is 0 Å². The molecule has 1 aromatic rings. The van der Waals surface area contributed by atoms with Crippen LogP contribution >= 0.6 is 23.2 Å². The van der Waals surface area contributed by atoms with Gasteiger partial charge in [-0.15, -0.1) is 0 Å². The minimum absolute atomic E-state index is 0.0455. The van der Waals surface area contributed by atoms with Crippen LogP contribution in [0.15, 0.2) is 6.07 Å². The molecule has 20 heavy (non-hydrogen) atoms. The zero-order chi connectivity index (χ0) is 15.5. The molecule has 0 fully saturated rings. The summed E-state index contributed by atoms with van der Waals surface area (Å²) >= 11 is 11.8. The van der Waals surface area contributed by atoms with Crippen molar-refractivity contribution >= 4 is 34.8 Å². The maximum absolute atomic E-state index is 12.1. The minimum Gasteiger partial charge on any atom is -0.323 e. The number of carbonyl (C=O) groups is 1. The van der Waals surface area contributed by atoms with Gasteiger partial charge in [0.15, 0.2) is 5.15 Å². The van der Waals surface area contributed by atoms with E-state index in [4.69, 9.17) is 23.2 Å². The Bertz CT molecular complexity index is 472. The Kier molecular flexibility index (Phi) is 5.84. The van der Waals surface area contributed by atoms with Crippen LogP contribution in [0.2, 0.25) is 10.3 Å². The standard InChI is InChI=1S/C15H22Cl2N2O/c1-9(8-15(3,4)5)6-12(20)19-13-10(2)7-11(16)18-14(13)17/h7,9H,6,8H2,1-5H3,(H,19,20). The Morgan fingerprint density at radius 2 is 2.00 bits per heavy atom. The van der Waals surface area contributed by atoms with Crippen LogP contribution in [0.4, 0.5) is 5.69 Å². The topological polar surface area (TPSA) is 42.0 Å². The number of hydrogen-bond acceptors (Lipinski definition) is 2. The number of carbonyl (C=O) groups excluding carboxylic acids is 1. The highest BCUT2D eigenvalue weighted by molar-refractivity contribution is 6.34. The van der Waals surface area contributed by atoms with E-state index in [0.29, 0.717) is 23.2 Å². The van der Waals surface area contributed by atoms with E-state index in [9.17, 15) is 4.79 Å². The average Bonchev–Trinajstić information content (AvgIpc) is 2.20. The van der Waals surface area contributed by atoms with Gasteiger partial charge in [-0.2, -0.15) is 0 Å². The molecule has 5 heteroatoms. The molecule has 3 nitrogen and oxygen atoms in total. The predicted octanol–water partition coefficient (Wildman–Crippen LogP) is 5.10. The van der Waals surface area contributed by atoms with Gasteiger partial charge in [-0.25, -0.2) is 4.98 Å². The van der Waals surface area contributed by atoms with Crippen LogP contribution in [0.3, 0.4) is 0 Å². The summed E-state index contributed by atoms with van der Waals surface area (Å²) in [6, 6.07) is 1.68. The number of pyridine rings is 1. The number of halogens is 2. The molecule has 0 aromatic carbocycles. The fraction of sp³-hybridized carbons (Fsp3) is 0.600. The smallest absolute Gasteiger partial charge is 0.224 e. The van der Waals surface area contributed by atoms with Crippen LogP contribution in [0.1, 0.15) is 46.1 Å². The van der Waals surface area contributed by atoms with Crippen LogP contribution in [0.25, 0.3) is 0 Å². The van der Waals surface area contributed by atoms with E-state index in [1.807, 2.05) is 6.92 Å². The van der Waals surface area contributed by atoms with E-state index in [-0.39, 0.29) is 16.5 Å². The summed E-state index contributed by atoms with van der Waals surface area (Å²) in [5, 5.41) is 3.38. The number of aryl methyl sites for hydroxylation is 1. The zero-order valence-corrected chi connectivity index (χ0v) is 14.2. The Balaban J connectivity index is 2.68. The molecule has 112 valence electrons. The third-order valence-corrected chi connectivity index (χ3v) is 3.37. The van der Waals surface area contributed by atoms with Gasteiger partial charge in [-0.3, -0.25) is 4.79 Å². The van der Waals surface area contributed by atoms with E-state index >= 15 is 0 Å². The van der Waals surface area contributed by atoms with E-state index in [0.717, 1.165) is 12.0 Å². The summed E-state index contributed by atoms with van der Waals surface area (Å²) in [7, 11) is 0. The molecule has 1 aromatic heterocycles. The first-order valence-corrected chi connectivity index (χ1v) is 7.46. The molecule has 1 unspecified atom stereocenters. The quantitative estimate of drug-likeness (QED) is 0.785. The van der Waals surface area contributed by atoms with Crippen molar-refractivity contribution in [3.8, 4) is 0 Å². The van der Waals surface area contributed by atoms with E-state index in [1.165, 1.54) is 0 Å². The molecule has 0 saturated carbocycles. The SMILES string of the molecule is Cc1cc(Cl)nc(Cl)c1NC(=O)CC(C)CC(C)(C)C. The number of nitrogens with one attached hydrogen (secondary N) is 1. The number of hydrogen-bond donors (Lipinski definition) is 1. The molecule has 0 bridgehead atoms. The van der Waals surface area contributed by atoms with Crippen molar-refractivity contribution < 1.29 is 4.79 Å². The number of nitrogens with zero attached hydrogens (tertiary/aromatic N) is 1. The number of aromatic nitrogens is 1. The Morgan fingerprint density at radius 3 is 2.50 bits per heavy atom. The second-order valence-electron chi connectivity index (χ2n) is 6.55. The number of anilines is 1. The lowest BCUT2D eigenvalue weighted by Gasteiger charge is -2.23. The number of rotatable bonds is 4. The lowest BCUT2D eigenvalue weighted by Crippen LogP contribution is -2.19. The fourth-order valence-corrected chi connectivity index (χ4v) is 2.95. The second-order valence-corrected chi connectivity index (χ2v) is 7.30. The molecule has 1 amide bonds. The van der Waals surface area contributed by atoms with Crippen molar-refractivity contribution in [2.45, 2.75) is 47.5 Å². The van der Waals surface area contributed by atoms with Crippen molar-refractivity contribution in [2.24, 2.45) is 11.3 Å². The van der Waals surface area contributed by atoms with E-state index in [2.05, 4.69) is 38.0 Å². The summed E-state index contributed by atoms with van der Waals surface area (Å²) in [4.78, 5) is 16.0. The predicted molar refractivity (Wildman–Crippen MR) is 85.5 cm³/mol. The normalized spacial score (nSPS) is 13.2. The molecule has 0 aliphatic rings. The third kappa shape index (κ3) is 5.68. The molecule has 1 rings (SSSR count). The summed E-state index contributed by atoms with van der Waals surface area (Å²) in [6.07, 6.45) is 1.46. The lowest BCUT2D eigenvalue weighted by atomic mass is 9.84. The van der Waals surface area contributed by atoms with Crippen molar-refractivity contribution in [1.29, 1.82) is 0 Å². The van der Waals surface area contributed by atoms with Crippen LogP contribution in [-0.4, -0.2) is 10.9 Å². The molecule has 0 spiro atoms. The lowest BCUT2D eigenvalue weighted by molar-refractivity contribution is -0.117. The molecule has 0 radical (unpaired) electrons. The van der Waals surface area contributed by atoms with Crippen molar-refractivity contribution in [3.63, 3.8) is 0 Å². The summed E-state index contributed by atoms with van der Waals surface area (Å²) in [5.41, 5.74) is 1.57. The molecule has 0 aliphatic carbocycles. The zero-order valence-electron chi connectivity index (χ0n) is 12.7. The van der Waals surface area contributed by atoms with Gasteiger partial charge in [0.05, 0.1) is 5.69 Å². The van der Waals surface area contributed by atoms with Gasteiger partial charge < -0.3 is 5.32 Å². The molecular weight excluding hydrogens is 295 g/mol. The molecule has 1 heterocycles. The van der Waals surface area contributed by atoms with Gasteiger partial charge in [0.1, 0.15) is 5.15 Å². The minimum atomic E-state index is -0.0455. The monoisotopic (exact) mass is 316 g/mol. The fourth-order valence-electron chi connectivity index (χ4n) is 2.37. The Labute approximate surface area is 131 Å². The van der Waals surface area contributed by atoms with Gasteiger partial charge in [0, 0.05) is 6.42 Å². The third-order valence-electron chi connectivity index (χ3n) is 2.90. The first-order chi connectivity index (χ1) is 9.08. The van der Waals surface area contributed by atoms with Crippen LogP contribution in [0.5, 0.6) is 0 Å². The van der Waals surface area contributed by atoms with Crippen molar-refractivity contribution in [2.75, 3.05) is 5.32 Å². The number of amides is 1. The average molecular weight is 317 g/mol. The van der Waals surface area contributed by atoms with Crippen LogP contribution in [0, 0.1) is 18.3 Å². The molecule has 0 saturated heterocycles. The van der Waals surface area contributed by atoms with Gasteiger partial charge in [0.2, 0.25) is 5.91 Å². The molecular formula is C15H22Cl2N2O. The highest BCUT2D eigenvalue weighted by atomic mass is 35.5. The first-order valence-electron chi connectivity index (χ1n) is 6.71. The Hall–Kier alpha value is -0.800. The van der Waals surface area contributed by atoms with Crippen molar-refractivity contribution in [3.05, 3.63) is 21.9 Å². The summed E-state index contributed by atoms with van der Waals surface area (Å²) < 4.78 is 0. The van der Waals surface area contributed by atoms with Gasteiger partial charge in [0.25, 0.3) is 0 Å². The van der Waals surface area contributed by atoms with Gasteiger partial charge in [-0.1, -0.05) is 50.9 Å². The van der Waals surface area contributed by atoms with E-state index < -0.39 is 0 Å². The summed E-state index contributed by atoms with van der Waals surface area (Å²) in [6.45, 7) is 10.4. The second kappa shape index (κ2) is 6.77. The largest absolute Gasteiger partial charge is 0.323 e. The first kappa shape index (κ1) is 17.3. The molecule has 1 N–H and O–H groups in total. The maximum Gasteiger partial charge on any atom is 0.224 e. The van der Waals surface area contributed by atoms with Crippen LogP contribution in [-0.2, 0) is 4.79 Å². The van der Waals surface area contributed by atoms with Crippen molar-refractivity contribution in [1.82, 2.24) is 4.98 Å². The maximum atomic E-state index is 12.1. The highest BCUT2D eigenvalue weighted by Gasteiger charge is 2.19. The van der Waals surface area contributed by atoms with Gasteiger partial charge in [-0.05, 0) is 36.3 Å². The Morgan fingerprint density at radius 1 is 1.40 bits per heavy atom. The van der Waals surface area contributed by atoms with Crippen LogP contribution < -0.4 is 5.32 Å².